The summed E-state index contributed by atoms with van der Waals surface area (Å²) in [4.78, 5) is 16.5. The molecule has 0 aliphatic rings. The first-order valence-electron chi connectivity index (χ1n) is 6.50. The van der Waals surface area contributed by atoms with Gasteiger partial charge in [-0.05, 0) is 36.5 Å². The minimum atomic E-state index is 0. The van der Waals surface area contributed by atoms with Crippen LogP contribution in [-0.4, -0.2) is 28.8 Å². The molecule has 0 fully saturated rings. The van der Waals surface area contributed by atoms with Gasteiger partial charge >= 0.3 is 0 Å². The lowest BCUT2D eigenvalue weighted by Gasteiger charge is -2.14. The molecule has 124 valence electrons. The summed E-state index contributed by atoms with van der Waals surface area (Å²) in [5, 5.41) is 3.16. The number of nitrogens with zero attached hydrogens (tertiary/aromatic N) is 4. The van der Waals surface area contributed by atoms with Gasteiger partial charge in [0.05, 0.1) is 19.3 Å². The van der Waals surface area contributed by atoms with Crippen molar-refractivity contribution >= 4 is 40.1 Å². The molecule has 2 aromatic heterocycles. The van der Waals surface area contributed by atoms with E-state index in [-0.39, 0.29) is 13.4 Å². The van der Waals surface area contributed by atoms with Gasteiger partial charge in [0.25, 0.3) is 0 Å². The van der Waals surface area contributed by atoms with Crippen molar-refractivity contribution in [3.63, 3.8) is 0 Å². The number of nitrogens with one attached hydrogen (secondary N) is 1. The topological polar surface area (TPSA) is 98.3 Å². The van der Waals surface area contributed by atoms with Crippen LogP contribution >= 0.6 is 15.9 Å². The average Bonchev–Trinajstić information content (AvgIpc) is 2.46. The zero-order valence-corrected chi connectivity index (χ0v) is 14.2. The normalized spacial score (nSPS) is 9.91. The number of hydrogen-bond donors (Lipinski definition) is 2. The number of aromatic nitrogens is 3. The Labute approximate surface area is 144 Å². The Hall–Kier alpha value is -2.22. The van der Waals surface area contributed by atoms with E-state index in [0.717, 1.165) is 22.6 Å². The van der Waals surface area contributed by atoms with Gasteiger partial charge in [-0.15, -0.1) is 0 Å². The van der Waals surface area contributed by atoms with Crippen LogP contribution in [0.15, 0.2) is 15.8 Å². The monoisotopic (exact) mass is 380 g/mol. The van der Waals surface area contributed by atoms with E-state index >= 15 is 0 Å². The Morgan fingerprint density at radius 1 is 1.39 bits per heavy atom. The molecule has 7 nitrogen and oxygen atoms in total. The second kappa shape index (κ2) is 7.87. The summed E-state index contributed by atoms with van der Waals surface area (Å²) in [6.07, 6.45) is 1.78. The van der Waals surface area contributed by atoms with E-state index in [1.165, 1.54) is 0 Å². The van der Waals surface area contributed by atoms with Crippen LogP contribution in [0.5, 0.6) is 5.75 Å². The Bertz CT molecular complexity index is 720. The third kappa shape index (κ3) is 3.95. The third-order valence-electron chi connectivity index (χ3n) is 3.19. The van der Waals surface area contributed by atoms with E-state index in [4.69, 9.17) is 10.5 Å². The second-order valence-corrected chi connectivity index (χ2v) is 5.38. The summed E-state index contributed by atoms with van der Waals surface area (Å²) in [5.74, 6) is 1.47. The molecule has 0 radical (unpaired) electrons. The number of halogens is 1. The average molecular weight is 381 g/mol. The quantitative estimate of drug-likeness (QED) is 0.608. The Balaban J connectivity index is 0.00000264. The molecule has 0 unspecified atom stereocenters. The van der Waals surface area contributed by atoms with E-state index in [1.807, 2.05) is 13.8 Å². The minimum Gasteiger partial charge on any atom is -0.496 e. The van der Waals surface area contributed by atoms with Gasteiger partial charge in [0, 0.05) is 17.3 Å². The molecule has 0 saturated carbocycles. The molecule has 0 atom stereocenters. The molecule has 8 heteroatoms. The largest absolute Gasteiger partial charge is 0.496 e. The number of anilines is 2. The number of nitrogens with two attached hydrogens (primary N) is 1. The van der Waals surface area contributed by atoms with Gasteiger partial charge in [-0.25, -0.2) is 4.98 Å². The molecule has 0 aliphatic carbocycles. The van der Waals surface area contributed by atoms with Crippen molar-refractivity contribution < 1.29 is 4.74 Å². The molecule has 0 aliphatic heterocycles. The maximum Gasteiger partial charge on any atom is 0.223 e. The summed E-state index contributed by atoms with van der Waals surface area (Å²) >= 11 is 3.29. The first kappa shape index (κ1) is 18.8. The molecule has 3 N–H and O–H groups in total. The summed E-state index contributed by atoms with van der Waals surface area (Å²) in [6, 6.07) is 0. The van der Waals surface area contributed by atoms with E-state index in [0.29, 0.717) is 22.7 Å². The highest BCUT2D eigenvalue weighted by Crippen LogP contribution is 2.31. The lowest BCUT2D eigenvalue weighted by molar-refractivity contribution is 0.407. The molecular formula is C15H21BrN6O. The molecule has 2 heterocycles. The summed E-state index contributed by atoms with van der Waals surface area (Å²) < 4.78 is 5.89. The molecule has 2 rings (SSSR count). The van der Waals surface area contributed by atoms with Crippen LogP contribution in [0.3, 0.4) is 0 Å². The Morgan fingerprint density at radius 3 is 2.70 bits per heavy atom. The van der Waals surface area contributed by atoms with E-state index in [9.17, 15) is 0 Å². The lowest BCUT2D eigenvalue weighted by Crippen LogP contribution is -2.09. The van der Waals surface area contributed by atoms with Gasteiger partial charge in [-0.3, -0.25) is 9.98 Å². The van der Waals surface area contributed by atoms with Crippen LogP contribution in [0.25, 0.3) is 0 Å². The van der Waals surface area contributed by atoms with Crippen molar-refractivity contribution in [2.45, 2.75) is 27.8 Å². The second-order valence-electron chi connectivity index (χ2n) is 4.63. The van der Waals surface area contributed by atoms with Crippen molar-refractivity contribution in [2.75, 3.05) is 18.2 Å². The molecule has 0 aromatic carbocycles. The van der Waals surface area contributed by atoms with E-state index in [1.54, 1.807) is 13.3 Å². The van der Waals surface area contributed by atoms with Crippen LogP contribution in [0, 0.1) is 13.8 Å². The molecule has 2 aromatic rings. The van der Waals surface area contributed by atoms with Crippen LogP contribution < -0.4 is 15.8 Å². The van der Waals surface area contributed by atoms with Crippen molar-refractivity contribution in [1.29, 1.82) is 0 Å². The lowest BCUT2D eigenvalue weighted by atomic mass is 10.1. The number of rotatable bonds is 5. The van der Waals surface area contributed by atoms with E-state index in [2.05, 4.69) is 47.9 Å². The highest BCUT2D eigenvalue weighted by molar-refractivity contribution is 9.10. The van der Waals surface area contributed by atoms with Gasteiger partial charge in [0.2, 0.25) is 5.95 Å². The molecule has 0 saturated heterocycles. The maximum absolute atomic E-state index is 5.66. The standard InChI is InChI=1S/C14H17BrN6O.CH4/c1-7-5-18-9(8(2)11(7)22-4)6-19-13-10(17-3)12(15)20-14(16)21-13;/h5H,3,6H2,1-2,4H3,(H3,16,19,20,21);1H4. The van der Waals surface area contributed by atoms with Crippen LogP contribution in [0.2, 0.25) is 0 Å². The van der Waals surface area contributed by atoms with Gasteiger partial charge in [0.1, 0.15) is 16.0 Å². The first-order chi connectivity index (χ1) is 10.5. The van der Waals surface area contributed by atoms with Crippen molar-refractivity contribution in [3.05, 3.63) is 27.6 Å². The van der Waals surface area contributed by atoms with Crippen LogP contribution in [0.4, 0.5) is 17.5 Å². The van der Waals surface area contributed by atoms with Crippen molar-refractivity contribution in [2.24, 2.45) is 4.99 Å². The number of pyridine rings is 1. The molecular weight excluding hydrogens is 360 g/mol. The zero-order chi connectivity index (χ0) is 16.3. The highest BCUT2D eigenvalue weighted by Gasteiger charge is 2.13. The van der Waals surface area contributed by atoms with Gasteiger partial charge < -0.3 is 15.8 Å². The van der Waals surface area contributed by atoms with Crippen LogP contribution in [0.1, 0.15) is 24.2 Å². The fourth-order valence-corrected chi connectivity index (χ4v) is 2.62. The molecule has 23 heavy (non-hydrogen) atoms. The third-order valence-corrected chi connectivity index (χ3v) is 3.74. The summed E-state index contributed by atoms with van der Waals surface area (Å²) in [7, 11) is 1.65. The zero-order valence-electron chi connectivity index (χ0n) is 12.6. The van der Waals surface area contributed by atoms with Crippen molar-refractivity contribution in [3.8, 4) is 5.75 Å². The SMILES string of the molecule is C.C=Nc1c(Br)nc(N)nc1NCc1ncc(C)c(OC)c1C. The summed E-state index contributed by atoms with van der Waals surface area (Å²) in [5.41, 5.74) is 8.98. The Morgan fingerprint density at radius 2 is 2.09 bits per heavy atom. The van der Waals surface area contributed by atoms with Gasteiger partial charge in [-0.1, -0.05) is 7.43 Å². The minimum absolute atomic E-state index is 0. The highest BCUT2D eigenvalue weighted by atomic mass is 79.9. The predicted octanol–water partition coefficient (Wildman–Crippen LogP) is 3.42. The number of nitrogen functional groups attached to an aromatic ring is 1. The molecule has 0 spiro atoms. The fourth-order valence-electron chi connectivity index (χ4n) is 2.12. The Kier molecular flexibility index (Phi) is 6.44. The van der Waals surface area contributed by atoms with Gasteiger partial charge in [0.15, 0.2) is 5.82 Å². The predicted molar refractivity (Wildman–Crippen MR) is 97.7 cm³/mol. The first-order valence-corrected chi connectivity index (χ1v) is 7.29. The van der Waals surface area contributed by atoms with Crippen molar-refractivity contribution in [1.82, 2.24) is 15.0 Å². The van der Waals surface area contributed by atoms with E-state index < -0.39 is 0 Å². The summed E-state index contributed by atoms with van der Waals surface area (Å²) in [6.45, 7) is 7.89. The van der Waals surface area contributed by atoms with Crippen LogP contribution in [-0.2, 0) is 6.54 Å². The molecule has 0 bridgehead atoms. The van der Waals surface area contributed by atoms with Gasteiger partial charge in [-0.2, -0.15) is 4.98 Å². The smallest absolute Gasteiger partial charge is 0.223 e. The number of hydrogen-bond acceptors (Lipinski definition) is 7. The maximum atomic E-state index is 5.66. The number of methoxy groups -OCH3 is 1. The fraction of sp³-hybridized carbons (Fsp3) is 0.333. The number of ether oxygens (including phenoxy) is 1. The molecule has 0 amide bonds. The number of aliphatic imine (C=N–C) groups is 1. The number of aryl methyl sites for hydroxylation is 1.